The number of hydrogen-bond acceptors (Lipinski definition) is 4. The van der Waals surface area contributed by atoms with Crippen molar-refractivity contribution in [2.24, 2.45) is 0 Å². The fourth-order valence-electron chi connectivity index (χ4n) is 5.35. The van der Waals surface area contributed by atoms with E-state index >= 15 is 0 Å². The minimum Gasteiger partial charge on any atom is -0.326 e. The molecule has 0 unspecified atom stereocenters. The van der Waals surface area contributed by atoms with Crippen LogP contribution in [0.15, 0.2) is 78.9 Å². The number of fused-ring (bicyclic) bond motifs is 1. The van der Waals surface area contributed by atoms with Crippen molar-refractivity contribution in [3.63, 3.8) is 0 Å². The predicted molar refractivity (Wildman–Crippen MR) is 143 cm³/mol. The first-order valence-electron chi connectivity index (χ1n) is 12.7. The first-order valence-corrected chi connectivity index (χ1v) is 12.7. The van der Waals surface area contributed by atoms with Crippen LogP contribution in [0.1, 0.15) is 35.2 Å². The number of likely N-dealkylation sites (N-methyl/N-ethyl adjacent to an activating group) is 1. The number of hydrogen-bond donors (Lipinski definition) is 2. The van der Waals surface area contributed by atoms with Crippen LogP contribution in [0.4, 0.5) is 10.5 Å². The summed E-state index contributed by atoms with van der Waals surface area (Å²) in [5.41, 5.74) is 3.37. The smallest absolute Gasteiger partial charge is 0.324 e. The van der Waals surface area contributed by atoms with Crippen molar-refractivity contribution in [1.29, 1.82) is 0 Å². The van der Waals surface area contributed by atoms with Gasteiger partial charge in [-0.1, -0.05) is 66.7 Å². The van der Waals surface area contributed by atoms with E-state index in [0.29, 0.717) is 18.5 Å². The second-order valence-corrected chi connectivity index (χ2v) is 10.0. The van der Waals surface area contributed by atoms with Gasteiger partial charge in [-0.25, -0.2) is 4.79 Å². The Labute approximate surface area is 221 Å². The molecule has 0 saturated carbocycles. The Balaban J connectivity index is 1.31. The lowest BCUT2D eigenvalue weighted by Gasteiger charge is -2.29. The Hall–Kier alpha value is -4.46. The van der Waals surface area contributed by atoms with Gasteiger partial charge in [0, 0.05) is 25.6 Å². The van der Waals surface area contributed by atoms with Crippen LogP contribution in [0.3, 0.4) is 0 Å². The van der Waals surface area contributed by atoms with Crippen molar-refractivity contribution >= 4 is 29.4 Å². The van der Waals surface area contributed by atoms with E-state index in [2.05, 4.69) is 10.6 Å². The fourth-order valence-corrected chi connectivity index (χ4v) is 5.35. The Morgan fingerprint density at radius 3 is 2.29 bits per heavy atom. The van der Waals surface area contributed by atoms with Crippen LogP contribution < -0.4 is 10.6 Å². The molecule has 1 heterocycles. The third-order valence-corrected chi connectivity index (χ3v) is 7.63. The number of urea groups is 1. The SMILES string of the molecule is C[C@H](c1ccccc1)N(CC(=O)Nc1ccc2c(c1)C[C@@]1(C2)C(=O)NC(=O)N1C)C(=O)Cc1ccccc1. The van der Waals surface area contributed by atoms with Crippen molar-refractivity contribution < 1.29 is 19.2 Å². The van der Waals surface area contributed by atoms with Gasteiger partial charge in [-0.3, -0.25) is 19.7 Å². The molecule has 8 heteroatoms. The molecular formula is C30H30N4O4. The van der Waals surface area contributed by atoms with Crippen molar-refractivity contribution in [3.05, 3.63) is 101 Å². The first kappa shape index (κ1) is 25.2. The fraction of sp³-hybridized carbons (Fsp3) is 0.267. The zero-order chi connectivity index (χ0) is 26.9. The molecule has 0 radical (unpaired) electrons. The maximum Gasteiger partial charge on any atom is 0.324 e. The summed E-state index contributed by atoms with van der Waals surface area (Å²) in [5, 5.41) is 5.32. The molecule has 194 valence electrons. The average Bonchev–Trinajstić information content (AvgIpc) is 3.40. The van der Waals surface area contributed by atoms with Gasteiger partial charge in [-0.05, 0) is 41.3 Å². The Morgan fingerprint density at radius 2 is 1.63 bits per heavy atom. The van der Waals surface area contributed by atoms with Crippen LogP contribution in [0, 0.1) is 0 Å². The average molecular weight is 511 g/mol. The summed E-state index contributed by atoms with van der Waals surface area (Å²) in [7, 11) is 1.63. The predicted octanol–water partition coefficient (Wildman–Crippen LogP) is 3.48. The van der Waals surface area contributed by atoms with Gasteiger partial charge < -0.3 is 15.1 Å². The number of amides is 5. The number of benzene rings is 3. The van der Waals surface area contributed by atoms with Crippen LogP contribution in [-0.2, 0) is 33.6 Å². The van der Waals surface area contributed by atoms with Crippen molar-refractivity contribution in [2.45, 2.75) is 37.8 Å². The van der Waals surface area contributed by atoms with Gasteiger partial charge in [-0.15, -0.1) is 0 Å². The van der Waals surface area contributed by atoms with E-state index in [0.717, 1.165) is 22.3 Å². The molecule has 1 fully saturated rings. The van der Waals surface area contributed by atoms with Crippen LogP contribution in [0.2, 0.25) is 0 Å². The standard InChI is InChI=1S/C30H30N4O4/c1-20(22-11-7-4-8-12-22)34(27(36)15-21-9-5-3-6-10-21)19-26(35)31-25-14-13-23-17-30(18-24(23)16-25)28(37)32-29(38)33(30)2/h3-14,16,20H,15,17-19H2,1-2H3,(H,31,35)(H,32,37,38)/t20-,30+/m1/s1. The summed E-state index contributed by atoms with van der Waals surface area (Å²) < 4.78 is 0. The number of imide groups is 1. The molecule has 0 bridgehead atoms. The highest BCUT2D eigenvalue weighted by Crippen LogP contribution is 2.38. The molecule has 1 spiro atoms. The van der Waals surface area contributed by atoms with Crippen molar-refractivity contribution in [1.82, 2.24) is 15.1 Å². The molecule has 38 heavy (non-hydrogen) atoms. The number of nitrogens with zero attached hydrogens (tertiary/aromatic N) is 2. The van der Waals surface area contributed by atoms with Gasteiger partial charge in [-0.2, -0.15) is 0 Å². The normalized spacial score (nSPS) is 18.7. The van der Waals surface area contributed by atoms with E-state index in [-0.39, 0.29) is 36.7 Å². The van der Waals surface area contributed by atoms with Crippen LogP contribution in [0.5, 0.6) is 0 Å². The van der Waals surface area contributed by atoms with Gasteiger partial charge in [0.2, 0.25) is 11.8 Å². The van der Waals surface area contributed by atoms with Gasteiger partial charge in [0.1, 0.15) is 12.1 Å². The Morgan fingerprint density at radius 1 is 0.974 bits per heavy atom. The number of carbonyl (C=O) groups excluding carboxylic acids is 4. The van der Waals surface area contributed by atoms with Gasteiger partial charge in [0.05, 0.1) is 12.5 Å². The maximum atomic E-state index is 13.4. The molecule has 3 aromatic carbocycles. The molecule has 5 amide bonds. The van der Waals surface area contributed by atoms with E-state index < -0.39 is 11.6 Å². The molecule has 1 aliphatic heterocycles. The molecule has 0 aromatic heterocycles. The summed E-state index contributed by atoms with van der Waals surface area (Å²) in [6.07, 6.45) is 1.01. The second kappa shape index (κ2) is 10.1. The van der Waals surface area contributed by atoms with E-state index in [9.17, 15) is 19.2 Å². The topological polar surface area (TPSA) is 98.8 Å². The number of nitrogens with one attached hydrogen (secondary N) is 2. The van der Waals surface area contributed by atoms with E-state index in [1.54, 1.807) is 18.0 Å². The second-order valence-electron chi connectivity index (χ2n) is 10.0. The molecule has 3 aromatic rings. The summed E-state index contributed by atoms with van der Waals surface area (Å²) in [6.45, 7) is 1.81. The molecular weight excluding hydrogens is 480 g/mol. The zero-order valence-corrected chi connectivity index (χ0v) is 21.4. The molecule has 1 saturated heterocycles. The van der Waals surface area contributed by atoms with E-state index in [4.69, 9.17) is 0 Å². The number of carbonyl (C=O) groups is 4. The highest BCUT2D eigenvalue weighted by Gasteiger charge is 2.54. The third kappa shape index (κ3) is 4.77. The molecule has 2 N–H and O–H groups in total. The maximum absolute atomic E-state index is 13.4. The minimum absolute atomic E-state index is 0.109. The van der Waals surface area contributed by atoms with Crippen LogP contribution in [-0.4, -0.2) is 52.7 Å². The Bertz CT molecular complexity index is 1390. The molecule has 8 nitrogen and oxygen atoms in total. The number of rotatable bonds is 7. The van der Waals surface area contributed by atoms with Crippen molar-refractivity contribution in [3.8, 4) is 0 Å². The van der Waals surface area contributed by atoms with Gasteiger partial charge >= 0.3 is 6.03 Å². The molecule has 2 atom stereocenters. The van der Waals surface area contributed by atoms with Crippen LogP contribution in [0.25, 0.3) is 0 Å². The Kier molecular flexibility index (Phi) is 6.72. The van der Waals surface area contributed by atoms with Crippen LogP contribution >= 0.6 is 0 Å². The highest BCUT2D eigenvalue weighted by atomic mass is 16.2. The first-order chi connectivity index (χ1) is 18.3. The molecule has 5 rings (SSSR count). The van der Waals surface area contributed by atoms with Gasteiger partial charge in [0.15, 0.2) is 0 Å². The van der Waals surface area contributed by atoms with E-state index in [1.165, 1.54) is 4.90 Å². The minimum atomic E-state index is -0.923. The summed E-state index contributed by atoms with van der Waals surface area (Å²) in [4.78, 5) is 54.2. The lowest BCUT2D eigenvalue weighted by atomic mass is 9.95. The van der Waals surface area contributed by atoms with Crippen molar-refractivity contribution in [2.75, 3.05) is 18.9 Å². The quantitative estimate of drug-likeness (QED) is 0.476. The summed E-state index contributed by atoms with van der Waals surface area (Å²) >= 11 is 0. The monoisotopic (exact) mass is 510 g/mol. The zero-order valence-electron chi connectivity index (χ0n) is 21.4. The summed E-state index contributed by atoms with van der Waals surface area (Å²) in [6, 6.07) is 23.9. The van der Waals surface area contributed by atoms with Gasteiger partial charge in [0.25, 0.3) is 5.91 Å². The number of anilines is 1. The summed E-state index contributed by atoms with van der Waals surface area (Å²) in [5.74, 6) is -0.749. The molecule has 1 aliphatic carbocycles. The lowest BCUT2D eigenvalue weighted by Crippen LogP contribution is -2.48. The third-order valence-electron chi connectivity index (χ3n) is 7.63. The largest absolute Gasteiger partial charge is 0.326 e. The highest BCUT2D eigenvalue weighted by molar-refractivity contribution is 6.07. The lowest BCUT2D eigenvalue weighted by molar-refractivity contribution is -0.136. The molecule has 2 aliphatic rings. The van der Waals surface area contributed by atoms with E-state index in [1.807, 2.05) is 79.7 Å².